The maximum absolute atomic E-state index is 11.9. The second kappa shape index (κ2) is 6.29. The third-order valence-corrected chi connectivity index (χ3v) is 5.74. The van der Waals surface area contributed by atoms with Crippen molar-refractivity contribution in [2.45, 2.75) is 49.4 Å². The molecule has 0 aromatic rings. The van der Waals surface area contributed by atoms with Crippen LogP contribution in [0.25, 0.3) is 0 Å². The van der Waals surface area contributed by atoms with Gasteiger partial charge in [0, 0.05) is 17.3 Å². The molecule has 0 aromatic heterocycles. The number of hydrogen-bond acceptors (Lipinski definition) is 2. The first kappa shape index (κ1) is 12.7. The Kier molecular flexibility index (Phi) is 5.01. The van der Waals surface area contributed by atoms with Crippen molar-refractivity contribution < 1.29 is 4.79 Å². The molecular weight excluding hydrogens is 286 g/mol. The summed E-state index contributed by atoms with van der Waals surface area (Å²) in [7, 11) is 0. The maximum Gasteiger partial charge on any atom is 0.220 e. The monoisotopic (exact) mass is 305 g/mol. The Morgan fingerprint density at radius 1 is 1.25 bits per heavy atom. The summed E-state index contributed by atoms with van der Waals surface area (Å²) in [5.74, 6) is 3.38. The largest absolute Gasteiger partial charge is 0.352 e. The van der Waals surface area contributed by atoms with Crippen molar-refractivity contribution in [1.29, 1.82) is 0 Å². The minimum Gasteiger partial charge on any atom is -0.352 e. The molecule has 2 atom stereocenters. The van der Waals surface area contributed by atoms with Gasteiger partial charge < -0.3 is 5.32 Å². The van der Waals surface area contributed by atoms with E-state index in [-0.39, 0.29) is 5.91 Å². The number of rotatable bonds is 3. The van der Waals surface area contributed by atoms with Crippen molar-refractivity contribution in [2.75, 3.05) is 11.5 Å². The van der Waals surface area contributed by atoms with Crippen molar-refractivity contribution >= 4 is 33.6 Å². The molecule has 1 N–H and O–H groups in total. The van der Waals surface area contributed by atoms with E-state index in [2.05, 4.69) is 21.2 Å². The lowest BCUT2D eigenvalue weighted by Gasteiger charge is -2.22. The van der Waals surface area contributed by atoms with Crippen molar-refractivity contribution in [2.24, 2.45) is 5.92 Å². The summed E-state index contributed by atoms with van der Waals surface area (Å²) in [6.07, 6.45) is 6.77. The lowest BCUT2D eigenvalue weighted by molar-refractivity contribution is -0.122. The molecule has 0 spiro atoms. The fourth-order valence-electron chi connectivity index (χ4n) is 2.56. The van der Waals surface area contributed by atoms with E-state index < -0.39 is 0 Å². The van der Waals surface area contributed by atoms with Crippen molar-refractivity contribution in [1.82, 2.24) is 5.32 Å². The van der Waals surface area contributed by atoms with E-state index >= 15 is 0 Å². The highest BCUT2D eigenvalue weighted by Gasteiger charge is 2.27. The SMILES string of the molecule is O=C(CC1CCSCC1)NC1CCCC1Br. The second-order valence-electron chi connectivity index (χ2n) is 4.88. The van der Waals surface area contributed by atoms with Gasteiger partial charge in [0.15, 0.2) is 0 Å². The Morgan fingerprint density at radius 2 is 2.00 bits per heavy atom. The summed E-state index contributed by atoms with van der Waals surface area (Å²) in [5, 5.41) is 3.18. The van der Waals surface area contributed by atoms with Gasteiger partial charge in [0.2, 0.25) is 5.91 Å². The highest BCUT2D eigenvalue weighted by molar-refractivity contribution is 9.09. The molecule has 2 rings (SSSR count). The molecule has 0 aromatic carbocycles. The normalized spacial score (nSPS) is 31.6. The number of halogens is 1. The van der Waals surface area contributed by atoms with Gasteiger partial charge in [0.25, 0.3) is 0 Å². The first-order chi connectivity index (χ1) is 7.75. The molecule has 92 valence electrons. The van der Waals surface area contributed by atoms with Crippen LogP contribution in [0.3, 0.4) is 0 Å². The molecule has 16 heavy (non-hydrogen) atoms. The standard InChI is InChI=1S/C12H20BrNOS/c13-10-2-1-3-11(10)14-12(15)8-9-4-6-16-7-5-9/h9-11H,1-8H2,(H,14,15). The third-order valence-electron chi connectivity index (χ3n) is 3.59. The number of carbonyl (C=O) groups excluding carboxylic acids is 1. The topological polar surface area (TPSA) is 29.1 Å². The van der Waals surface area contributed by atoms with Gasteiger partial charge in [-0.05, 0) is 43.1 Å². The molecule has 1 heterocycles. The van der Waals surface area contributed by atoms with Crippen LogP contribution in [-0.4, -0.2) is 28.3 Å². The Balaban J connectivity index is 1.70. The molecule has 1 aliphatic heterocycles. The Labute approximate surface area is 110 Å². The zero-order valence-corrected chi connectivity index (χ0v) is 12.0. The summed E-state index contributed by atoms with van der Waals surface area (Å²) >= 11 is 5.66. The molecule has 2 unspecified atom stereocenters. The van der Waals surface area contributed by atoms with E-state index in [4.69, 9.17) is 0 Å². The summed E-state index contributed by atoms with van der Waals surface area (Å²) < 4.78 is 0. The van der Waals surface area contributed by atoms with Gasteiger partial charge in [0.1, 0.15) is 0 Å². The third kappa shape index (κ3) is 3.66. The van der Waals surface area contributed by atoms with E-state index in [0.717, 1.165) is 12.8 Å². The van der Waals surface area contributed by atoms with Gasteiger partial charge in [-0.2, -0.15) is 11.8 Å². The predicted octanol–water partition coefficient (Wildman–Crippen LogP) is 2.95. The van der Waals surface area contributed by atoms with Crippen LogP contribution in [-0.2, 0) is 4.79 Å². The van der Waals surface area contributed by atoms with Crippen molar-refractivity contribution in [3.63, 3.8) is 0 Å². The molecule has 2 fully saturated rings. The molecule has 0 radical (unpaired) electrons. The summed E-state index contributed by atoms with van der Waals surface area (Å²) in [5.41, 5.74) is 0. The maximum atomic E-state index is 11.9. The number of nitrogens with one attached hydrogen (secondary N) is 1. The van der Waals surface area contributed by atoms with Gasteiger partial charge in [-0.1, -0.05) is 22.4 Å². The summed E-state index contributed by atoms with van der Waals surface area (Å²) in [6, 6.07) is 0.380. The zero-order valence-electron chi connectivity index (χ0n) is 9.58. The zero-order chi connectivity index (χ0) is 11.4. The summed E-state index contributed by atoms with van der Waals surface area (Å²) in [6.45, 7) is 0. The first-order valence-electron chi connectivity index (χ1n) is 6.27. The summed E-state index contributed by atoms with van der Waals surface area (Å²) in [4.78, 5) is 12.4. The average Bonchev–Trinajstić information content (AvgIpc) is 2.66. The van der Waals surface area contributed by atoms with E-state index in [0.29, 0.717) is 16.8 Å². The fourth-order valence-corrected chi connectivity index (χ4v) is 4.48. The van der Waals surface area contributed by atoms with Crippen LogP contribution in [0.1, 0.15) is 38.5 Å². The number of amides is 1. The minimum atomic E-state index is 0.272. The fraction of sp³-hybridized carbons (Fsp3) is 0.917. The average molecular weight is 306 g/mol. The van der Waals surface area contributed by atoms with Gasteiger partial charge in [0.05, 0.1) is 0 Å². The van der Waals surface area contributed by atoms with Gasteiger partial charge in [-0.3, -0.25) is 4.79 Å². The Bertz CT molecular complexity index is 243. The van der Waals surface area contributed by atoms with Crippen molar-refractivity contribution in [3.8, 4) is 0 Å². The lowest BCUT2D eigenvalue weighted by atomic mass is 9.98. The van der Waals surface area contributed by atoms with Gasteiger partial charge in [-0.25, -0.2) is 0 Å². The molecule has 2 aliphatic rings. The Hall–Kier alpha value is 0.300. The number of carbonyl (C=O) groups is 1. The van der Waals surface area contributed by atoms with Crippen LogP contribution < -0.4 is 5.32 Å². The van der Waals surface area contributed by atoms with Crippen LogP contribution in [0.4, 0.5) is 0 Å². The van der Waals surface area contributed by atoms with Crippen LogP contribution in [0.5, 0.6) is 0 Å². The van der Waals surface area contributed by atoms with E-state index in [1.165, 1.54) is 37.2 Å². The van der Waals surface area contributed by atoms with E-state index in [1.807, 2.05) is 11.8 Å². The number of thioether (sulfide) groups is 1. The van der Waals surface area contributed by atoms with Gasteiger partial charge in [-0.15, -0.1) is 0 Å². The van der Waals surface area contributed by atoms with Gasteiger partial charge >= 0.3 is 0 Å². The molecule has 1 amide bonds. The molecular formula is C12H20BrNOS. The van der Waals surface area contributed by atoms with Crippen LogP contribution in [0, 0.1) is 5.92 Å². The highest BCUT2D eigenvalue weighted by atomic mass is 79.9. The van der Waals surface area contributed by atoms with E-state index in [9.17, 15) is 4.79 Å². The smallest absolute Gasteiger partial charge is 0.220 e. The first-order valence-corrected chi connectivity index (χ1v) is 8.34. The molecule has 1 saturated heterocycles. The molecule has 1 saturated carbocycles. The number of alkyl halides is 1. The highest BCUT2D eigenvalue weighted by Crippen LogP contribution is 2.27. The van der Waals surface area contributed by atoms with E-state index in [1.54, 1.807) is 0 Å². The molecule has 4 heteroatoms. The lowest BCUT2D eigenvalue weighted by Crippen LogP contribution is -2.38. The molecule has 0 bridgehead atoms. The predicted molar refractivity (Wildman–Crippen MR) is 73.2 cm³/mol. The Morgan fingerprint density at radius 3 is 2.62 bits per heavy atom. The second-order valence-corrected chi connectivity index (χ2v) is 7.28. The molecule has 1 aliphatic carbocycles. The van der Waals surface area contributed by atoms with Crippen LogP contribution in [0.15, 0.2) is 0 Å². The molecule has 2 nitrogen and oxygen atoms in total. The minimum absolute atomic E-state index is 0.272. The van der Waals surface area contributed by atoms with Crippen molar-refractivity contribution in [3.05, 3.63) is 0 Å². The van der Waals surface area contributed by atoms with Crippen LogP contribution in [0.2, 0.25) is 0 Å². The quantitative estimate of drug-likeness (QED) is 0.812. The van der Waals surface area contributed by atoms with Crippen LogP contribution >= 0.6 is 27.7 Å². The number of hydrogen-bond donors (Lipinski definition) is 1.